The normalized spacial score (nSPS) is 27.4. The standard InChI is InChI=1S/C11H22N2O2S/c1-3-9(2)13-11(14)8-12-10-4-6-16(15)7-5-10/h9-10,12H,3-8H2,1-2H3,(H,13,14). The number of carbonyl (C=O) groups excluding carboxylic acids is 1. The summed E-state index contributed by atoms with van der Waals surface area (Å²) in [7, 11) is -0.626. The van der Waals surface area contributed by atoms with Gasteiger partial charge in [-0.1, -0.05) is 6.92 Å². The Morgan fingerprint density at radius 1 is 1.44 bits per heavy atom. The lowest BCUT2D eigenvalue weighted by Crippen LogP contribution is -2.44. The van der Waals surface area contributed by atoms with E-state index in [-0.39, 0.29) is 11.9 Å². The van der Waals surface area contributed by atoms with Crippen LogP contribution in [0.25, 0.3) is 0 Å². The van der Waals surface area contributed by atoms with Crippen LogP contribution in [0.5, 0.6) is 0 Å². The van der Waals surface area contributed by atoms with Crippen LogP contribution in [0.1, 0.15) is 33.1 Å². The Balaban J connectivity index is 2.14. The molecule has 0 spiro atoms. The van der Waals surface area contributed by atoms with Crippen molar-refractivity contribution in [3.8, 4) is 0 Å². The fraction of sp³-hybridized carbons (Fsp3) is 0.909. The van der Waals surface area contributed by atoms with Crippen molar-refractivity contribution in [3.63, 3.8) is 0 Å². The predicted molar refractivity (Wildman–Crippen MR) is 66.8 cm³/mol. The first-order valence-corrected chi connectivity index (χ1v) is 7.48. The van der Waals surface area contributed by atoms with Gasteiger partial charge in [0.1, 0.15) is 0 Å². The number of carbonyl (C=O) groups is 1. The van der Waals surface area contributed by atoms with Crippen LogP contribution in [0, 0.1) is 0 Å². The molecule has 1 unspecified atom stereocenters. The maximum atomic E-state index is 11.5. The summed E-state index contributed by atoms with van der Waals surface area (Å²) < 4.78 is 11.1. The van der Waals surface area contributed by atoms with Crippen LogP contribution in [-0.2, 0) is 15.6 Å². The molecular formula is C11H22N2O2S. The highest BCUT2D eigenvalue weighted by atomic mass is 32.2. The Kier molecular flexibility index (Phi) is 5.98. The molecule has 1 aliphatic rings. The van der Waals surface area contributed by atoms with Gasteiger partial charge in [-0.05, 0) is 26.2 Å². The second kappa shape index (κ2) is 7.01. The summed E-state index contributed by atoms with van der Waals surface area (Å²) in [6.07, 6.45) is 2.79. The second-order valence-electron chi connectivity index (χ2n) is 4.38. The van der Waals surface area contributed by atoms with Crippen molar-refractivity contribution >= 4 is 16.7 Å². The molecule has 4 nitrogen and oxygen atoms in total. The van der Waals surface area contributed by atoms with Gasteiger partial charge in [0.05, 0.1) is 6.54 Å². The molecule has 0 aromatic rings. The minimum Gasteiger partial charge on any atom is -0.353 e. The molecular weight excluding hydrogens is 224 g/mol. The van der Waals surface area contributed by atoms with Gasteiger partial charge in [0, 0.05) is 34.4 Å². The number of amides is 1. The Labute approximate surface area is 100 Å². The molecule has 1 aliphatic heterocycles. The van der Waals surface area contributed by atoms with E-state index in [1.165, 1.54) is 0 Å². The van der Waals surface area contributed by atoms with Gasteiger partial charge in [0.2, 0.25) is 5.91 Å². The third-order valence-corrected chi connectivity index (χ3v) is 4.34. The van der Waals surface area contributed by atoms with Crippen molar-refractivity contribution in [3.05, 3.63) is 0 Å². The van der Waals surface area contributed by atoms with Crippen molar-refractivity contribution in [1.29, 1.82) is 0 Å². The van der Waals surface area contributed by atoms with E-state index >= 15 is 0 Å². The predicted octanol–water partition coefficient (Wildman–Crippen LogP) is 0.402. The molecule has 0 aromatic heterocycles. The monoisotopic (exact) mass is 246 g/mol. The summed E-state index contributed by atoms with van der Waals surface area (Å²) in [6.45, 7) is 4.43. The van der Waals surface area contributed by atoms with Crippen molar-refractivity contribution < 1.29 is 9.00 Å². The zero-order chi connectivity index (χ0) is 12.0. The molecule has 1 saturated heterocycles. The van der Waals surface area contributed by atoms with Crippen LogP contribution < -0.4 is 10.6 Å². The molecule has 0 bridgehead atoms. The topological polar surface area (TPSA) is 58.2 Å². The molecule has 1 fully saturated rings. The molecule has 16 heavy (non-hydrogen) atoms. The first-order valence-electron chi connectivity index (χ1n) is 5.99. The molecule has 0 saturated carbocycles. The molecule has 0 aliphatic carbocycles. The zero-order valence-electron chi connectivity index (χ0n) is 10.1. The number of nitrogens with one attached hydrogen (secondary N) is 2. The minimum absolute atomic E-state index is 0.0565. The Hall–Kier alpha value is -0.420. The highest BCUT2D eigenvalue weighted by Crippen LogP contribution is 2.08. The molecule has 5 heteroatoms. The zero-order valence-corrected chi connectivity index (χ0v) is 10.9. The Morgan fingerprint density at radius 2 is 2.06 bits per heavy atom. The van der Waals surface area contributed by atoms with Gasteiger partial charge in [-0.2, -0.15) is 0 Å². The average Bonchev–Trinajstić information content (AvgIpc) is 2.28. The minimum atomic E-state index is -0.626. The van der Waals surface area contributed by atoms with Gasteiger partial charge >= 0.3 is 0 Å². The number of rotatable bonds is 5. The van der Waals surface area contributed by atoms with E-state index < -0.39 is 10.8 Å². The smallest absolute Gasteiger partial charge is 0.234 e. The lowest BCUT2D eigenvalue weighted by atomic mass is 10.1. The highest BCUT2D eigenvalue weighted by molar-refractivity contribution is 7.85. The maximum Gasteiger partial charge on any atom is 0.234 e. The van der Waals surface area contributed by atoms with Crippen LogP contribution in [0.4, 0.5) is 0 Å². The van der Waals surface area contributed by atoms with Crippen LogP contribution in [0.3, 0.4) is 0 Å². The van der Waals surface area contributed by atoms with E-state index in [2.05, 4.69) is 17.6 Å². The van der Waals surface area contributed by atoms with Crippen molar-refractivity contribution in [1.82, 2.24) is 10.6 Å². The van der Waals surface area contributed by atoms with E-state index in [1.807, 2.05) is 6.92 Å². The summed E-state index contributed by atoms with van der Waals surface area (Å²) >= 11 is 0. The van der Waals surface area contributed by atoms with Crippen LogP contribution in [0.15, 0.2) is 0 Å². The summed E-state index contributed by atoms with van der Waals surface area (Å²) in [4.78, 5) is 11.5. The number of hydrogen-bond acceptors (Lipinski definition) is 3. The third kappa shape index (κ3) is 5.07. The molecule has 1 heterocycles. The van der Waals surface area contributed by atoms with Crippen LogP contribution >= 0.6 is 0 Å². The highest BCUT2D eigenvalue weighted by Gasteiger charge is 2.18. The molecule has 1 atom stereocenters. The summed E-state index contributed by atoms with van der Waals surface area (Å²) in [5.41, 5.74) is 0. The van der Waals surface area contributed by atoms with Crippen molar-refractivity contribution in [2.75, 3.05) is 18.1 Å². The quantitative estimate of drug-likeness (QED) is 0.738. The summed E-state index contributed by atoms with van der Waals surface area (Å²) in [5, 5.41) is 6.14. The lowest BCUT2D eigenvalue weighted by molar-refractivity contribution is -0.121. The van der Waals surface area contributed by atoms with E-state index in [1.54, 1.807) is 0 Å². The molecule has 1 rings (SSSR count). The van der Waals surface area contributed by atoms with E-state index in [0.717, 1.165) is 30.8 Å². The third-order valence-electron chi connectivity index (χ3n) is 2.96. The van der Waals surface area contributed by atoms with Gasteiger partial charge in [-0.15, -0.1) is 0 Å². The second-order valence-corrected chi connectivity index (χ2v) is 6.08. The summed E-state index contributed by atoms with van der Waals surface area (Å²) in [6, 6.07) is 0.605. The van der Waals surface area contributed by atoms with E-state index in [9.17, 15) is 9.00 Å². The first-order chi connectivity index (χ1) is 7.61. The number of hydrogen-bond donors (Lipinski definition) is 2. The lowest BCUT2D eigenvalue weighted by Gasteiger charge is -2.22. The van der Waals surface area contributed by atoms with E-state index in [0.29, 0.717) is 12.6 Å². The molecule has 94 valence electrons. The van der Waals surface area contributed by atoms with Gasteiger partial charge < -0.3 is 10.6 Å². The van der Waals surface area contributed by atoms with Crippen LogP contribution in [-0.4, -0.2) is 40.3 Å². The largest absolute Gasteiger partial charge is 0.353 e. The molecule has 1 amide bonds. The maximum absolute atomic E-state index is 11.5. The SMILES string of the molecule is CCC(C)NC(=O)CNC1CCS(=O)CC1. The van der Waals surface area contributed by atoms with Crippen molar-refractivity contribution in [2.24, 2.45) is 0 Å². The molecule has 0 radical (unpaired) electrons. The van der Waals surface area contributed by atoms with Gasteiger partial charge in [-0.25, -0.2) is 0 Å². The van der Waals surface area contributed by atoms with Gasteiger partial charge in [0.25, 0.3) is 0 Å². The Morgan fingerprint density at radius 3 is 2.62 bits per heavy atom. The van der Waals surface area contributed by atoms with Gasteiger partial charge in [0.15, 0.2) is 0 Å². The van der Waals surface area contributed by atoms with Gasteiger partial charge in [-0.3, -0.25) is 9.00 Å². The Bertz CT molecular complexity index is 248. The first kappa shape index (κ1) is 13.6. The van der Waals surface area contributed by atoms with Crippen molar-refractivity contribution in [2.45, 2.75) is 45.2 Å². The van der Waals surface area contributed by atoms with E-state index in [4.69, 9.17) is 0 Å². The fourth-order valence-electron chi connectivity index (χ4n) is 1.66. The fourth-order valence-corrected chi connectivity index (χ4v) is 2.96. The molecule has 0 aromatic carbocycles. The molecule has 2 N–H and O–H groups in total. The summed E-state index contributed by atoms with van der Waals surface area (Å²) in [5.74, 6) is 1.59. The average molecular weight is 246 g/mol. The van der Waals surface area contributed by atoms with Crippen LogP contribution in [0.2, 0.25) is 0 Å².